The summed E-state index contributed by atoms with van der Waals surface area (Å²) < 4.78 is 2.01. The second-order valence-corrected chi connectivity index (χ2v) is 6.10. The molecule has 0 radical (unpaired) electrons. The highest BCUT2D eigenvalue weighted by Crippen LogP contribution is 2.28. The van der Waals surface area contributed by atoms with Crippen LogP contribution in [0.25, 0.3) is 16.7 Å². The number of carbonyl (C=O) groups is 1. The molecule has 0 unspecified atom stereocenters. The van der Waals surface area contributed by atoms with Gasteiger partial charge in [-0.2, -0.15) is 0 Å². The van der Waals surface area contributed by atoms with Gasteiger partial charge in [0.25, 0.3) is 5.91 Å². The van der Waals surface area contributed by atoms with Crippen LogP contribution >= 0.6 is 0 Å². The van der Waals surface area contributed by atoms with Crippen molar-refractivity contribution in [3.63, 3.8) is 0 Å². The van der Waals surface area contributed by atoms with Crippen LogP contribution in [0.5, 0.6) is 0 Å². The number of carbonyl (C=O) groups excluding carboxylic acids is 1. The normalized spacial score (nSPS) is 14.0. The molecule has 0 bridgehead atoms. The Morgan fingerprint density at radius 1 is 1.17 bits per heavy atom. The van der Waals surface area contributed by atoms with E-state index in [0.717, 1.165) is 29.6 Å². The molecule has 2 aromatic carbocycles. The topological polar surface area (TPSA) is 58.4 Å². The highest BCUT2D eigenvalue weighted by Gasteiger charge is 2.32. The summed E-state index contributed by atoms with van der Waals surface area (Å²) in [6.07, 6.45) is 3.86. The average Bonchev–Trinajstić information content (AvgIpc) is 3.38. The van der Waals surface area contributed by atoms with Crippen LogP contribution in [0.1, 0.15) is 23.2 Å². The SMILES string of the molecule is O=C(c1ccc(-n2cnc3ccccc32)cc1)N(CCO)C1CC1. The summed E-state index contributed by atoms with van der Waals surface area (Å²) in [6.45, 7) is 0.402. The first-order valence-corrected chi connectivity index (χ1v) is 8.22. The maximum absolute atomic E-state index is 12.6. The van der Waals surface area contributed by atoms with E-state index in [2.05, 4.69) is 4.98 Å². The summed E-state index contributed by atoms with van der Waals surface area (Å²) in [5.74, 6) is -0.00594. The van der Waals surface area contributed by atoms with Crippen LogP contribution in [0.4, 0.5) is 0 Å². The van der Waals surface area contributed by atoms with Crippen molar-refractivity contribution in [2.75, 3.05) is 13.2 Å². The van der Waals surface area contributed by atoms with Crippen LogP contribution in [-0.4, -0.2) is 44.7 Å². The zero-order valence-corrected chi connectivity index (χ0v) is 13.3. The summed E-state index contributed by atoms with van der Waals surface area (Å²) in [4.78, 5) is 18.8. The fourth-order valence-corrected chi connectivity index (χ4v) is 3.04. The van der Waals surface area contributed by atoms with Gasteiger partial charge in [0.1, 0.15) is 6.33 Å². The molecule has 1 aliphatic rings. The number of aromatic nitrogens is 2. The molecule has 1 saturated carbocycles. The van der Waals surface area contributed by atoms with E-state index in [1.165, 1.54) is 0 Å². The molecule has 1 aromatic heterocycles. The molecule has 1 N–H and O–H groups in total. The molecular formula is C19H19N3O2. The molecule has 1 amide bonds. The minimum atomic E-state index is -0.00594. The zero-order chi connectivity index (χ0) is 16.5. The van der Waals surface area contributed by atoms with Gasteiger partial charge in [-0.05, 0) is 49.2 Å². The minimum Gasteiger partial charge on any atom is -0.395 e. The highest BCUT2D eigenvalue weighted by molar-refractivity contribution is 5.95. The molecule has 24 heavy (non-hydrogen) atoms. The van der Waals surface area contributed by atoms with Crippen LogP contribution < -0.4 is 0 Å². The molecule has 1 heterocycles. The van der Waals surface area contributed by atoms with Crippen molar-refractivity contribution < 1.29 is 9.90 Å². The van der Waals surface area contributed by atoms with Gasteiger partial charge in [0, 0.05) is 23.8 Å². The smallest absolute Gasteiger partial charge is 0.254 e. The van der Waals surface area contributed by atoms with Crippen molar-refractivity contribution in [2.24, 2.45) is 0 Å². The second-order valence-electron chi connectivity index (χ2n) is 6.10. The number of aliphatic hydroxyl groups is 1. The fraction of sp³-hybridized carbons (Fsp3) is 0.263. The number of rotatable bonds is 5. The van der Waals surface area contributed by atoms with Gasteiger partial charge >= 0.3 is 0 Å². The Morgan fingerprint density at radius 3 is 2.62 bits per heavy atom. The van der Waals surface area contributed by atoms with Crippen LogP contribution in [0, 0.1) is 0 Å². The van der Waals surface area contributed by atoms with Crippen LogP contribution in [0.3, 0.4) is 0 Å². The van der Waals surface area contributed by atoms with E-state index < -0.39 is 0 Å². The Balaban J connectivity index is 1.61. The van der Waals surface area contributed by atoms with Gasteiger partial charge in [-0.15, -0.1) is 0 Å². The molecule has 5 heteroatoms. The predicted molar refractivity (Wildman–Crippen MR) is 92.2 cm³/mol. The number of fused-ring (bicyclic) bond motifs is 1. The molecule has 0 spiro atoms. The van der Waals surface area contributed by atoms with Crippen LogP contribution in [0.2, 0.25) is 0 Å². The number of benzene rings is 2. The maximum Gasteiger partial charge on any atom is 0.254 e. The second kappa shape index (κ2) is 6.09. The van der Waals surface area contributed by atoms with Crippen molar-refractivity contribution in [3.8, 4) is 5.69 Å². The van der Waals surface area contributed by atoms with Gasteiger partial charge in [-0.1, -0.05) is 12.1 Å². The zero-order valence-electron chi connectivity index (χ0n) is 13.3. The summed E-state index contributed by atoms with van der Waals surface area (Å²) in [5, 5.41) is 9.17. The summed E-state index contributed by atoms with van der Waals surface area (Å²) in [7, 11) is 0. The molecule has 4 rings (SSSR count). The summed E-state index contributed by atoms with van der Waals surface area (Å²) in [5.41, 5.74) is 3.61. The van der Waals surface area contributed by atoms with E-state index >= 15 is 0 Å². The minimum absolute atomic E-state index is 0.00134. The molecule has 122 valence electrons. The van der Waals surface area contributed by atoms with Crippen molar-refractivity contribution >= 4 is 16.9 Å². The Hall–Kier alpha value is -2.66. The molecule has 0 atom stereocenters. The van der Waals surface area contributed by atoms with Gasteiger partial charge in [-0.25, -0.2) is 4.98 Å². The Morgan fingerprint density at radius 2 is 1.92 bits per heavy atom. The fourth-order valence-electron chi connectivity index (χ4n) is 3.04. The van der Waals surface area contributed by atoms with Gasteiger partial charge in [0.2, 0.25) is 0 Å². The van der Waals surface area contributed by atoms with Crippen LogP contribution in [-0.2, 0) is 0 Å². The first-order valence-electron chi connectivity index (χ1n) is 8.22. The quantitative estimate of drug-likeness (QED) is 0.786. The number of imidazole rings is 1. The van der Waals surface area contributed by atoms with Gasteiger partial charge in [0.05, 0.1) is 17.6 Å². The van der Waals surface area contributed by atoms with E-state index in [4.69, 9.17) is 0 Å². The lowest BCUT2D eigenvalue weighted by Crippen LogP contribution is -2.35. The van der Waals surface area contributed by atoms with Crippen molar-refractivity contribution in [3.05, 3.63) is 60.4 Å². The summed E-state index contributed by atoms with van der Waals surface area (Å²) >= 11 is 0. The molecule has 0 aliphatic heterocycles. The Kier molecular flexibility index (Phi) is 3.78. The van der Waals surface area contributed by atoms with Crippen molar-refractivity contribution in [2.45, 2.75) is 18.9 Å². The van der Waals surface area contributed by atoms with Gasteiger partial charge in [0.15, 0.2) is 0 Å². The van der Waals surface area contributed by atoms with E-state index in [1.807, 2.05) is 53.1 Å². The summed E-state index contributed by atoms with van der Waals surface area (Å²) in [6, 6.07) is 15.8. The lowest BCUT2D eigenvalue weighted by Gasteiger charge is -2.21. The number of hydrogen-bond acceptors (Lipinski definition) is 3. The third kappa shape index (κ3) is 2.67. The van der Waals surface area contributed by atoms with Crippen molar-refractivity contribution in [1.29, 1.82) is 0 Å². The monoisotopic (exact) mass is 321 g/mol. The number of hydrogen-bond donors (Lipinski definition) is 1. The van der Waals surface area contributed by atoms with E-state index in [1.54, 1.807) is 11.2 Å². The highest BCUT2D eigenvalue weighted by atomic mass is 16.3. The Bertz CT molecular complexity index is 866. The van der Waals surface area contributed by atoms with E-state index in [9.17, 15) is 9.90 Å². The van der Waals surface area contributed by atoms with E-state index in [0.29, 0.717) is 18.2 Å². The molecule has 1 aliphatic carbocycles. The van der Waals surface area contributed by atoms with Gasteiger partial charge in [-0.3, -0.25) is 9.36 Å². The predicted octanol–water partition coefficient (Wildman–Crippen LogP) is 2.62. The standard InChI is InChI=1S/C19H19N3O2/c23-12-11-21(15-9-10-15)19(24)14-5-7-16(8-6-14)22-13-20-17-3-1-2-4-18(17)22/h1-8,13,15,23H,9-12H2. The molecular weight excluding hydrogens is 302 g/mol. The first-order chi connectivity index (χ1) is 11.8. The van der Waals surface area contributed by atoms with Crippen molar-refractivity contribution in [1.82, 2.24) is 14.5 Å². The third-order valence-electron chi connectivity index (χ3n) is 4.44. The molecule has 0 saturated heterocycles. The molecule has 1 fully saturated rings. The molecule has 3 aromatic rings. The first kappa shape index (κ1) is 14.9. The lowest BCUT2D eigenvalue weighted by molar-refractivity contribution is 0.0707. The van der Waals surface area contributed by atoms with E-state index in [-0.39, 0.29) is 12.5 Å². The number of aliphatic hydroxyl groups excluding tert-OH is 1. The lowest BCUT2D eigenvalue weighted by atomic mass is 10.1. The Labute approximate surface area is 140 Å². The number of para-hydroxylation sites is 2. The van der Waals surface area contributed by atoms with Gasteiger partial charge < -0.3 is 10.0 Å². The average molecular weight is 321 g/mol. The number of nitrogens with zero attached hydrogens (tertiary/aromatic N) is 3. The maximum atomic E-state index is 12.6. The largest absolute Gasteiger partial charge is 0.395 e. The van der Waals surface area contributed by atoms with Crippen LogP contribution in [0.15, 0.2) is 54.9 Å². The number of amides is 1. The molecule has 5 nitrogen and oxygen atoms in total. The third-order valence-corrected chi connectivity index (χ3v) is 4.44.